The predicted molar refractivity (Wildman–Crippen MR) is 79.0 cm³/mol. The molecule has 1 saturated heterocycles. The van der Waals surface area contributed by atoms with Crippen LogP contribution in [-0.4, -0.2) is 52.6 Å². The number of aliphatic carboxylic acids is 1. The zero-order valence-corrected chi connectivity index (χ0v) is 12.7. The van der Waals surface area contributed by atoms with Crippen LogP contribution in [0.25, 0.3) is 0 Å². The summed E-state index contributed by atoms with van der Waals surface area (Å²) in [5, 5.41) is 9.06. The van der Waals surface area contributed by atoms with Crippen LogP contribution in [0, 0.1) is 11.8 Å². The third-order valence-electron chi connectivity index (χ3n) is 4.90. The zero-order chi connectivity index (χ0) is 14.8. The highest BCUT2D eigenvalue weighted by atomic mass is 16.4. The number of carboxylic acids is 1. The van der Waals surface area contributed by atoms with Crippen LogP contribution in [0.1, 0.15) is 51.4 Å². The first-order chi connectivity index (χ1) is 10.1. The molecule has 1 atom stereocenters. The van der Waals surface area contributed by atoms with Gasteiger partial charge in [-0.2, -0.15) is 0 Å². The SMILES string of the molecule is O=C(O)CC1CCCCN1C(=O)N(CC1CC1)CC1CC1. The highest BCUT2D eigenvalue weighted by molar-refractivity contribution is 5.76. The normalized spacial score (nSPS) is 25.7. The van der Waals surface area contributed by atoms with Gasteiger partial charge in [-0.1, -0.05) is 0 Å². The van der Waals surface area contributed by atoms with Crippen molar-refractivity contribution in [3.63, 3.8) is 0 Å². The minimum absolute atomic E-state index is 0.0897. The van der Waals surface area contributed by atoms with Crippen molar-refractivity contribution in [2.75, 3.05) is 19.6 Å². The van der Waals surface area contributed by atoms with Gasteiger partial charge in [0, 0.05) is 25.7 Å². The Labute approximate surface area is 126 Å². The van der Waals surface area contributed by atoms with Gasteiger partial charge in [-0.05, 0) is 56.8 Å². The number of likely N-dealkylation sites (tertiary alicyclic amines) is 1. The van der Waals surface area contributed by atoms with Gasteiger partial charge in [0.2, 0.25) is 0 Å². The van der Waals surface area contributed by atoms with Crippen LogP contribution in [0.3, 0.4) is 0 Å². The van der Waals surface area contributed by atoms with Crippen molar-refractivity contribution in [1.29, 1.82) is 0 Å². The first-order valence-corrected chi connectivity index (χ1v) is 8.41. The van der Waals surface area contributed by atoms with Crippen LogP contribution < -0.4 is 0 Å². The maximum atomic E-state index is 12.9. The van der Waals surface area contributed by atoms with Crippen LogP contribution in [0.4, 0.5) is 4.79 Å². The Kier molecular flexibility index (Phi) is 4.36. The highest BCUT2D eigenvalue weighted by Gasteiger charge is 2.36. The number of hydrogen-bond donors (Lipinski definition) is 1. The van der Waals surface area contributed by atoms with Crippen molar-refractivity contribution >= 4 is 12.0 Å². The number of carbonyl (C=O) groups excluding carboxylic acids is 1. The van der Waals surface area contributed by atoms with Crippen molar-refractivity contribution in [3.8, 4) is 0 Å². The zero-order valence-electron chi connectivity index (χ0n) is 12.7. The lowest BCUT2D eigenvalue weighted by Gasteiger charge is -2.38. The van der Waals surface area contributed by atoms with Gasteiger partial charge in [-0.25, -0.2) is 4.79 Å². The number of carbonyl (C=O) groups is 2. The summed E-state index contributed by atoms with van der Waals surface area (Å²) in [6.45, 7) is 2.49. The molecule has 3 aliphatic rings. The van der Waals surface area contributed by atoms with Crippen molar-refractivity contribution in [2.45, 2.75) is 57.4 Å². The summed E-state index contributed by atoms with van der Waals surface area (Å²) < 4.78 is 0. The summed E-state index contributed by atoms with van der Waals surface area (Å²) in [4.78, 5) is 27.8. The third kappa shape index (κ3) is 4.11. The fourth-order valence-electron chi connectivity index (χ4n) is 3.30. The van der Waals surface area contributed by atoms with Gasteiger partial charge in [0.25, 0.3) is 0 Å². The van der Waals surface area contributed by atoms with E-state index >= 15 is 0 Å². The second kappa shape index (κ2) is 6.24. The molecule has 0 aromatic rings. The van der Waals surface area contributed by atoms with Crippen LogP contribution in [0.15, 0.2) is 0 Å². The molecule has 2 saturated carbocycles. The summed E-state index contributed by atoms with van der Waals surface area (Å²) in [5.41, 5.74) is 0. The average molecular weight is 294 g/mol. The minimum atomic E-state index is -0.796. The molecular formula is C16H26N2O3. The largest absolute Gasteiger partial charge is 0.481 e. The molecule has 1 N–H and O–H groups in total. The number of amides is 2. The molecule has 1 aliphatic heterocycles. The summed E-state index contributed by atoms with van der Waals surface area (Å²) in [7, 11) is 0. The Hall–Kier alpha value is -1.26. The second-order valence-corrected chi connectivity index (χ2v) is 7.02. The Morgan fingerprint density at radius 2 is 1.62 bits per heavy atom. The van der Waals surface area contributed by atoms with Gasteiger partial charge >= 0.3 is 12.0 Å². The van der Waals surface area contributed by atoms with E-state index in [-0.39, 0.29) is 18.5 Å². The molecule has 5 nitrogen and oxygen atoms in total. The summed E-state index contributed by atoms with van der Waals surface area (Å²) in [6.07, 6.45) is 7.93. The Morgan fingerprint density at radius 1 is 1.00 bits per heavy atom. The van der Waals surface area contributed by atoms with Crippen molar-refractivity contribution in [3.05, 3.63) is 0 Å². The number of rotatable bonds is 6. The maximum Gasteiger partial charge on any atom is 0.320 e. The van der Waals surface area contributed by atoms with Crippen LogP contribution >= 0.6 is 0 Å². The Balaban J connectivity index is 1.64. The second-order valence-electron chi connectivity index (χ2n) is 7.02. The number of piperidine rings is 1. The predicted octanol–water partition coefficient (Wildman–Crippen LogP) is 2.56. The molecule has 3 rings (SSSR count). The van der Waals surface area contributed by atoms with Crippen molar-refractivity contribution in [1.82, 2.24) is 9.80 Å². The van der Waals surface area contributed by atoms with Gasteiger partial charge in [-0.15, -0.1) is 0 Å². The van der Waals surface area contributed by atoms with E-state index < -0.39 is 5.97 Å². The molecule has 0 spiro atoms. The lowest BCUT2D eigenvalue weighted by atomic mass is 10.00. The first-order valence-electron chi connectivity index (χ1n) is 8.41. The molecule has 1 unspecified atom stereocenters. The van der Waals surface area contributed by atoms with E-state index in [2.05, 4.69) is 0 Å². The first kappa shape index (κ1) is 14.7. The molecular weight excluding hydrogens is 268 g/mol. The van der Waals surface area contributed by atoms with E-state index in [9.17, 15) is 9.59 Å². The molecule has 5 heteroatoms. The molecule has 0 radical (unpaired) electrons. The lowest BCUT2D eigenvalue weighted by Crippen LogP contribution is -2.51. The smallest absolute Gasteiger partial charge is 0.320 e. The van der Waals surface area contributed by atoms with Crippen LogP contribution in [0.2, 0.25) is 0 Å². The number of urea groups is 1. The molecule has 21 heavy (non-hydrogen) atoms. The van der Waals surface area contributed by atoms with Gasteiger partial charge in [0.1, 0.15) is 0 Å². The average Bonchev–Trinajstić information content (AvgIpc) is 3.32. The molecule has 3 fully saturated rings. The van der Waals surface area contributed by atoms with E-state index in [1.807, 2.05) is 9.80 Å². The fraction of sp³-hybridized carbons (Fsp3) is 0.875. The van der Waals surface area contributed by atoms with E-state index in [0.29, 0.717) is 11.8 Å². The summed E-state index contributed by atoms with van der Waals surface area (Å²) in [6, 6.07) is -0.00981. The molecule has 1 heterocycles. The standard InChI is InChI=1S/C16H26N2O3/c19-15(20)9-14-3-1-2-8-18(14)16(21)17(10-12-4-5-12)11-13-6-7-13/h12-14H,1-11H2,(H,19,20). The monoisotopic (exact) mass is 294 g/mol. The van der Waals surface area contributed by atoms with E-state index in [1.165, 1.54) is 25.7 Å². The quantitative estimate of drug-likeness (QED) is 0.819. The van der Waals surface area contributed by atoms with Crippen molar-refractivity contribution < 1.29 is 14.7 Å². The minimum Gasteiger partial charge on any atom is -0.481 e. The van der Waals surface area contributed by atoms with E-state index in [1.54, 1.807) is 0 Å². The van der Waals surface area contributed by atoms with Gasteiger partial charge in [0.15, 0.2) is 0 Å². The van der Waals surface area contributed by atoms with Gasteiger partial charge in [-0.3, -0.25) is 4.79 Å². The summed E-state index contributed by atoms with van der Waals surface area (Å²) in [5.74, 6) is 0.585. The highest BCUT2D eigenvalue weighted by Crippen LogP contribution is 2.34. The molecule has 118 valence electrons. The van der Waals surface area contributed by atoms with Crippen LogP contribution in [0.5, 0.6) is 0 Å². The molecule has 0 bridgehead atoms. The third-order valence-corrected chi connectivity index (χ3v) is 4.90. The summed E-state index contributed by atoms with van der Waals surface area (Å²) >= 11 is 0. The van der Waals surface area contributed by atoms with Gasteiger partial charge in [0.05, 0.1) is 6.42 Å². The fourth-order valence-corrected chi connectivity index (χ4v) is 3.30. The van der Waals surface area contributed by atoms with E-state index in [4.69, 9.17) is 5.11 Å². The number of nitrogens with zero attached hydrogens (tertiary/aromatic N) is 2. The van der Waals surface area contributed by atoms with Gasteiger partial charge < -0.3 is 14.9 Å². The molecule has 0 aromatic heterocycles. The van der Waals surface area contributed by atoms with Crippen molar-refractivity contribution in [2.24, 2.45) is 11.8 Å². The number of carboxylic acid groups (broad SMARTS) is 1. The Morgan fingerprint density at radius 3 is 2.14 bits per heavy atom. The number of hydrogen-bond acceptors (Lipinski definition) is 2. The van der Waals surface area contributed by atoms with E-state index in [0.717, 1.165) is 38.9 Å². The molecule has 0 aromatic carbocycles. The maximum absolute atomic E-state index is 12.9. The lowest BCUT2D eigenvalue weighted by molar-refractivity contribution is -0.138. The molecule has 2 aliphatic carbocycles. The van der Waals surface area contributed by atoms with Crippen LogP contribution in [-0.2, 0) is 4.79 Å². The topological polar surface area (TPSA) is 60.9 Å². The Bertz CT molecular complexity index is 390. The molecule has 2 amide bonds.